The minimum Gasteiger partial charge on any atom is -0.496 e. The molecule has 154 valence electrons. The van der Waals surface area contributed by atoms with Gasteiger partial charge in [-0.05, 0) is 38.5 Å². The highest BCUT2D eigenvalue weighted by Crippen LogP contribution is 2.24. The third kappa shape index (κ3) is 4.60. The summed E-state index contributed by atoms with van der Waals surface area (Å²) in [6, 6.07) is 22.5. The SMILES string of the molecule is COc1cccc(C(=O)NC(C)(Cc2ccccc2)C(=O)c2ccc(C)cc2)c1C. The fraction of sp³-hybridized carbons (Fsp3) is 0.231. The number of Topliss-reactive ketones (excluding diaryl/α,β-unsaturated/α-hetero) is 1. The maximum Gasteiger partial charge on any atom is 0.252 e. The van der Waals surface area contributed by atoms with Crippen LogP contribution < -0.4 is 10.1 Å². The molecule has 0 heterocycles. The molecule has 0 aliphatic carbocycles. The third-order valence-electron chi connectivity index (χ3n) is 5.35. The highest BCUT2D eigenvalue weighted by molar-refractivity contribution is 6.07. The lowest BCUT2D eigenvalue weighted by Gasteiger charge is -2.30. The lowest BCUT2D eigenvalue weighted by Crippen LogP contribution is -2.54. The first-order chi connectivity index (χ1) is 14.3. The van der Waals surface area contributed by atoms with Gasteiger partial charge in [-0.1, -0.05) is 66.2 Å². The van der Waals surface area contributed by atoms with Crippen LogP contribution in [0, 0.1) is 13.8 Å². The summed E-state index contributed by atoms with van der Waals surface area (Å²) in [4.78, 5) is 26.7. The van der Waals surface area contributed by atoms with E-state index in [-0.39, 0.29) is 11.7 Å². The summed E-state index contributed by atoms with van der Waals surface area (Å²) in [6.45, 7) is 5.60. The zero-order chi connectivity index (χ0) is 21.7. The molecule has 3 aromatic carbocycles. The van der Waals surface area contributed by atoms with Crippen molar-refractivity contribution in [3.63, 3.8) is 0 Å². The van der Waals surface area contributed by atoms with E-state index in [1.807, 2.05) is 74.5 Å². The van der Waals surface area contributed by atoms with Gasteiger partial charge in [0.25, 0.3) is 5.91 Å². The molecule has 1 unspecified atom stereocenters. The first-order valence-corrected chi connectivity index (χ1v) is 9.95. The molecule has 1 N–H and O–H groups in total. The molecule has 0 aliphatic heterocycles. The Hall–Kier alpha value is -3.40. The number of ether oxygens (including phenoxy) is 1. The molecule has 0 saturated heterocycles. The summed E-state index contributed by atoms with van der Waals surface area (Å²) in [6.07, 6.45) is 0.384. The van der Waals surface area contributed by atoms with Gasteiger partial charge in [0.2, 0.25) is 0 Å². The van der Waals surface area contributed by atoms with Crippen LogP contribution in [-0.4, -0.2) is 24.3 Å². The number of carbonyl (C=O) groups excluding carboxylic acids is 2. The Balaban J connectivity index is 1.98. The van der Waals surface area contributed by atoms with E-state index in [2.05, 4.69) is 5.32 Å². The van der Waals surface area contributed by atoms with Crippen LogP contribution in [0.15, 0.2) is 72.8 Å². The Morgan fingerprint density at radius 2 is 1.57 bits per heavy atom. The van der Waals surface area contributed by atoms with Crippen molar-refractivity contribution in [1.82, 2.24) is 5.32 Å². The fourth-order valence-corrected chi connectivity index (χ4v) is 3.61. The van der Waals surface area contributed by atoms with Gasteiger partial charge in [-0.25, -0.2) is 0 Å². The van der Waals surface area contributed by atoms with Gasteiger partial charge in [-0.3, -0.25) is 9.59 Å². The Bertz CT molecular complexity index is 1040. The second-order valence-corrected chi connectivity index (χ2v) is 7.78. The minimum absolute atomic E-state index is 0.125. The van der Waals surface area contributed by atoms with E-state index in [1.54, 1.807) is 26.2 Å². The predicted octanol–water partition coefficient (Wildman–Crippen LogP) is 4.93. The van der Waals surface area contributed by atoms with E-state index < -0.39 is 5.54 Å². The van der Waals surface area contributed by atoms with Crippen molar-refractivity contribution in [3.8, 4) is 5.75 Å². The van der Waals surface area contributed by atoms with Gasteiger partial charge in [-0.15, -0.1) is 0 Å². The van der Waals surface area contributed by atoms with E-state index in [9.17, 15) is 9.59 Å². The van der Waals surface area contributed by atoms with E-state index in [0.717, 1.165) is 16.7 Å². The summed E-state index contributed by atoms with van der Waals surface area (Å²) in [5.41, 5.74) is 2.74. The molecule has 0 bridgehead atoms. The molecule has 30 heavy (non-hydrogen) atoms. The number of benzene rings is 3. The number of nitrogens with one attached hydrogen (secondary N) is 1. The zero-order valence-corrected chi connectivity index (χ0v) is 17.9. The number of hydrogen-bond acceptors (Lipinski definition) is 3. The number of aryl methyl sites for hydroxylation is 1. The van der Waals surface area contributed by atoms with Crippen LogP contribution in [0.3, 0.4) is 0 Å². The quantitative estimate of drug-likeness (QED) is 0.572. The Morgan fingerprint density at radius 3 is 2.20 bits per heavy atom. The molecule has 0 saturated carbocycles. The van der Waals surface area contributed by atoms with E-state index in [1.165, 1.54) is 0 Å². The highest BCUT2D eigenvalue weighted by atomic mass is 16.5. The number of rotatable bonds is 7. The van der Waals surface area contributed by atoms with Crippen LogP contribution in [0.1, 0.15) is 44.3 Å². The summed E-state index contributed by atoms with van der Waals surface area (Å²) < 4.78 is 5.34. The van der Waals surface area contributed by atoms with Crippen molar-refractivity contribution in [1.29, 1.82) is 0 Å². The van der Waals surface area contributed by atoms with Crippen molar-refractivity contribution < 1.29 is 14.3 Å². The Labute approximate surface area is 177 Å². The van der Waals surface area contributed by atoms with Crippen LogP contribution in [0.25, 0.3) is 0 Å². The molecule has 0 aliphatic rings. The first kappa shape index (κ1) is 21.3. The average molecular weight is 402 g/mol. The zero-order valence-electron chi connectivity index (χ0n) is 17.9. The standard InChI is InChI=1S/C26H27NO3/c1-18-13-15-21(16-14-18)24(28)26(3,17-20-9-6-5-7-10-20)27-25(29)22-11-8-12-23(30-4)19(22)2/h5-16H,17H2,1-4H3,(H,27,29). The number of amides is 1. The van der Waals surface area contributed by atoms with Gasteiger partial charge < -0.3 is 10.1 Å². The molecule has 0 fully saturated rings. The molecule has 3 rings (SSSR count). The normalized spacial score (nSPS) is 12.7. The van der Waals surface area contributed by atoms with E-state index in [4.69, 9.17) is 4.74 Å². The number of hydrogen-bond donors (Lipinski definition) is 1. The first-order valence-electron chi connectivity index (χ1n) is 9.95. The molecule has 1 atom stereocenters. The minimum atomic E-state index is -1.11. The molecule has 1 amide bonds. The second kappa shape index (κ2) is 8.95. The Kier molecular flexibility index (Phi) is 6.36. The number of carbonyl (C=O) groups is 2. The highest BCUT2D eigenvalue weighted by Gasteiger charge is 2.36. The van der Waals surface area contributed by atoms with Gasteiger partial charge in [0.05, 0.1) is 7.11 Å². The largest absolute Gasteiger partial charge is 0.496 e. The van der Waals surface area contributed by atoms with Crippen LogP contribution in [0.2, 0.25) is 0 Å². The molecule has 4 nitrogen and oxygen atoms in total. The lowest BCUT2D eigenvalue weighted by molar-refractivity contribution is 0.0781. The molecule has 3 aromatic rings. The summed E-state index contributed by atoms with van der Waals surface area (Å²) in [7, 11) is 1.57. The van der Waals surface area contributed by atoms with E-state index >= 15 is 0 Å². The topological polar surface area (TPSA) is 55.4 Å². The Morgan fingerprint density at radius 1 is 0.900 bits per heavy atom. The van der Waals surface area contributed by atoms with Gasteiger partial charge in [-0.2, -0.15) is 0 Å². The average Bonchev–Trinajstić information content (AvgIpc) is 2.74. The van der Waals surface area contributed by atoms with Gasteiger partial charge in [0.15, 0.2) is 5.78 Å². The molecule has 4 heteroatoms. The smallest absolute Gasteiger partial charge is 0.252 e. The van der Waals surface area contributed by atoms with Crippen LogP contribution in [-0.2, 0) is 6.42 Å². The maximum absolute atomic E-state index is 13.5. The molecular formula is C26H27NO3. The van der Waals surface area contributed by atoms with Crippen LogP contribution in [0.5, 0.6) is 5.75 Å². The summed E-state index contributed by atoms with van der Waals surface area (Å²) in [5.74, 6) is 0.211. The van der Waals surface area contributed by atoms with Crippen molar-refractivity contribution in [2.45, 2.75) is 32.7 Å². The van der Waals surface area contributed by atoms with Crippen LogP contribution in [0.4, 0.5) is 0 Å². The van der Waals surface area contributed by atoms with Crippen LogP contribution >= 0.6 is 0 Å². The monoisotopic (exact) mass is 401 g/mol. The lowest BCUT2D eigenvalue weighted by atomic mass is 9.84. The van der Waals surface area contributed by atoms with Crippen molar-refractivity contribution >= 4 is 11.7 Å². The van der Waals surface area contributed by atoms with E-state index in [0.29, 0.717) is 23.3 Å². The molecule has 0 aromatic heterocycles. The van der Waals surface area contributed by atoms with Gasteiger partial charge in [0, 0.05) is 23.1 Å². The van der Waals surface area contributed by atoms with Crippen molar-refractivity contribution in [2.75, 3.05) is 7.11 Å². The molecule has 0 spiro atoms. The number of methoxy groups -OCH3 is 1. The molecule has 0 radical (unpaired) electrons. The number of ketones is 1. The maximum atomic E-state index is 13.5. The summed E-state index contributed by atoms with van der Waals surface area (Å²) >= 11 is 0. The fourth-order valence-electron chi connectivity index (χ4n) is 3.61. The molecular weight excluding hydrogens is 374 g/mol. The van der Waals surface area contributed by atoms with Crippen molar-refractivity contribution in [3.05, 3.63) is 101 Å². The van der Waals surface area contributed by atoms with Gasteiger partial charge >= 0.3 is 0 Å². The predicted molar refractivity (Wildman–Crippen MR) is 119 cm³/mol. The second-order valence-electron chi connectivity index (χ2n) is 7.78. The van der Waals surface area contributed by atoms with Crippen molar-refractivity contribution in [2.24, 2.45) is 0 Å². The third-order valence-corrected chi connectivity index (χ3v) is 5.35. The summed E-state index contributed by atoms with van der Waals surface area (Å²) in [5, 5.41) is 3.02. The van der Waals surface area contributed by atoms with Gasteiger partial charge in [0.1, 0.15) is 11.3 Å².